The van der Waals surface area contributed by atoms with Gasteiger partial charge < -0.3 is 14.9 Å². The molecule has 2 aromatic carbocycles. The van der Waals surface area contributed by atoms with Gasteiger partial charge in [0.1, 0.15) is 6.54 Å². The second kappa shape index (κ2) is 6.76. The first-order valence-electron chi connectivity index (χ1n) is 8.27. The average Bonchev–Trinajstić information content (AvgIpc) is 3.21. The van der Waals surface area contributed by atoms with Crippen LogP contribution in [0.15, 0.2) is 65.4 Å². The summed E-state index contributed by atoms with van der Waals surface area (Å²) in [5.74, 6) is 0.0253. The molecule has 0 atom stereocenters. The van der Waals surface area contributed by atoms with Crippen molar-refractivity contribution in [3.8, 4) is 0 Å². The maximum atomic E-state index is 12.3. The third-order valence-electron chi connectivity index (χ3n) is 4.47. The SMILES string of the molecule is O=C(Cn1ccc2c(Br)cccc21)NCCc1c[nH]c2ccccc12. The van der Waals surface area contributed by atoms with Gasteiger partial charge in [0.25, 0.3) is 0 Å². The summed E-state index contributed by atoms with van der Waals surface area (Å²) >= 11 is 3.54. The number of aromatic amines is 1. The minimum absolute atomic E-state index is 0.0253. The molecule has 0 bridgehead atoms. The number of rotatable bonds is 5. The first kappa shape index (κ1) is 16.0. The van der Waals surface area contributed by atoms with Gasteiger partial charge in [-0.15, -0.1) is 0 Å². The molecule has 4 nitrogen and oxygen atoms in total. The van der Waals surface area contributed by atoms with Crippen molar-refractivity contribution in [2.75, 3.05) is 6.54 Å². The summed E-state index contributed by atoms with van der Waals surface area (Å²) in [4.78, 5) is 15.5. The molecule has 0 spiro atoms. The molecule has 0 radical (unpaired) electrons. The Morgan fingerprint density at radius 2 is 1.96 bits per heavy atom. The van der Waals surface area contributed by atoms with E-state index >= 15 is 0 Å². The molecule has 0 aliphatic heterocycles. The third-order valence-corrected chi connectivity index (χ3v) is 5.16. The maximum absolute atomic E-state index is 12.3. The molecule has 25 heavy (non-hydrogen) atoms. The van der Waals surface area contributed by atoms with E-state index in [2.05, 4.69) is 38.4 Å². The van der Waals surface area contributed by atoms with E-state index in [0.29, 0.717) is 13.1 Å². The highest BCUT2D eigenvalue weighted by Crippen LogP contribution is 2.24. The van der Waals surface area contributed by atoms with E-state index in [9.17, 15) is 4.79 Å². The summed E-state index contributed by atoms with van der Waals surface area (Å²) in [6.07, 6.45) is 4.79. The zero-order chi connectivity index (χ0) is 17.2. The van der Waals surface area contributed by atoms with Crippen LogP contribution < -0.4 is 5.32 Å². The highest BCUT2D eigenvalue weighted by Gasteiger charge is 2.08. The van der Waals surface area contributed by atoms with E-state index < -0.39 is 0 Å². The number of H-pyrrole nitrogens is 1. The predicted octanol–water partition coefficient (Wildman–Crippen LogP) is 4.24. The minimum atomic E-state index is 0.0253. The number of nitrogens with one attached hydrogen (secondary N) is 2. The van der Waals surface area contributed by atoms with Gasteiger partial charge >= 0.3 is 0 Å². The van der Waals surface area contributed by atoms with E-state index in [1.807, 2.05) is 53.4 Å². The third kappa shape index (κ3) is 3.20. The molecule has 2 N–H and O–H groups in total. The zero-order valence-electron chi connectivity index (χ0n) is 13.6. The Morgan fingerprint density at radius 3 is 2.88 bits per heavy atom. The normalized spacial score (nSPS) is 11.2. The smallest absolute Gasteiger partial charge is 0.239 e. The van der Waals surface area contributed by atoms with Crippen LogP contribution in [0.5, 0.6) is 0 Å². The second-order valence-corrected chi connectivity index (χ2v) is 6.93. The lowest BCUT2D eigenvalue weighted by Crippen LogP contribution is -2.29. The van der Waals surface area contributed by atoms with E-state index in [1.165, 1.54) is 10.9 Å². The summed E-state index contributed by atoms with van der Waals surface area (Å²) < 4.78 is 3.02. The Hall–Kier alpha value is -2.53. The number of halogens is 1. The monoisotopic (exact) mass is 395 g/mol. The number of carbonyl (C=O) groups excluding carboxylic acids is 1. The fourth-order valence-corrected chi connectivity index (χ4v) is 3.70. The zero-order valence-corrected chi connectivity index (χ0v) is 15.2. The van der Waals surface area contributed by atoms with Gasteiger partial charge in [-0.2, -0.15) is 0 Å². The van der Waals surface area contributed by atoms with Crippen molar-refractivity contribution in [2.24, 2.45) is 0 Å². The Kier molecular flexibility index (Phi) is 4.32. The van der Waals surface area contributed by atoms with Crippen LogP contribution in [0.25, 0.3) is 21.8 Å². The summed E-state index contributed by atoms with van der Waals surface area (Å²) in [7, 11) is 0. The van der Waals surface area contributed by atoms with Crippen molar-refractivity contribution in [3.05, 3.63) is 71.0 Å². The molecule has 5 heteroatoms. The largest absolute Gasteiger partial charge is 0.361 e. The number of hydrogen-bond donors (Lipinski definition) is 2. The maximum Gasteiger partial charge on any atom is 0.239 e. The molecule has 0 unspecified atom stereocenters. The summed E-state index contributed by atoms with van der Waals surface area (Å²) in [6, 6.07) is 16.3. The standard InChI is InChI=1S/C20H18BrN3O/c21-17-5-3-7-19-16(17)9-11-24(19)13-20(25)22-10-8-14-12-23-18-6-2-1-4-15(14)18/h1-7,9,11-12,23H,8,10,13H2,(H,22,25). The summed E-state index contributed by atoms with van der Waals surface area (Å²) in [6.45, 7) is 0.956. The topological polar surface area (TPSA) is 49.8 Å². The van der Waals surface area contributed by atoms with Gasteiger partial charge in [0, 0.05) is 45.2 Å². The van der Waals surface area contributed by atoms with Gasteiger partial charge in [0.15, 0.2) is 0 Å². The number of fused-ring (bicyclic) bond motifs is 2. The fraction of sp³-hybridized carbons (Fsp3) is 0.150. The number of nitrogens with zero attached hydrogens (tertiary/aromatic N) is 1. The van der Waals surface area contributed by atoms with Crippen LogP contribution in [0, 0.1) is 0 Å². The van der Waals surface area contributed by atoms with Gasteiger partial charge in [-0.05, 0) is 36.2 Å². The number of amides is 1. The Morgan fingerprint density at radius 1 is 1.08 bits per heavy atom. The van der Waals surface area contributed by atoms with Crippen LogP contribution >= 0.6 is 15.9 Å². The van der Waals surface area contributed by atoms with Crippen LogP contribution in [0.4, 0.5) is 0 Å². The lowest BCUT2D eigenvalue weighted by atomic mass is 10.1. The lowest BCUT2D eigenvalue weighted by molar-refractivity contribution is -0.121. The van der Waals surface area contributed by atoms with Crippen LogP contribution in [0.3, 0.4) is 0 Å². The van der Waals surface area contributed by atoms with Gasteiger partial charge in [-0.1, -0.05) is 40.2 Å². The molecular weight excluding hydrogens is 378 g/mol. The number of carbonyl (C=O) groups is 1. The average molecular weight is 396 g/mol. The molecule has 0 fully saturated rings. The van der Waals surface area contributed by atoms with Gasteiger partial charge in [-0.3, -0.25) is 4.79 Å². The molecule has 0 aliphatic rings. The lowest BCUT2D eigenvalue weighted by Gasteiger charge is -2.07. The molecular formula is C20H18BrN3O. The number of hydrogen-bond acceptors (Lipinski definition) is 1. The van der Waals surface area contributed by atoms with Crippen molar-refractivity contribution in [1.82, 2.24) is 14.9 Å². The highest BCUT2D eigenvalue weighted by atomic mass is 79.9. The fourth-order valence-electron chi connectivity index (χ4n) is 3.21. The quantitative estimate of drug-likeness (QED) is 0.521. The highest BCUT2D eigenvalue weighted by molar-refractivity contribution is 9.10. The molecule has 0 saturated carbocycles. The number of benzene rings is 2. The van der Waals surface area contributed by atoms with Crippen molar-refractivity contribution >= 4 is 43.6 Å². The summed E-state index contributed by atoms with van der Waals surface area (Å²) in [5, 5.41) is 5.36. The molecule has 4 aromatic rings. The molecule has 126 valence electrons. The van der Waals surface area contributed by atoms with Crippen LogP contribution in [0.1, 0.15) is 5.56 Å². The number of para-hydroxylation sites is 1. The molecule has 2 heterocycles. The van der Waals surface area contributed by atoms with Crippen molar-refractivity contribution < 1.29 is 4.79 Å². The van der Waals surface area contributed by atoms with E-state index in [4.69, 9.17) is 0 Å². The molecule has 1 amide bonds. The molecule has 0 aliphatic carbocycles. The molecule has 0 saturated heterocycles. The van der Waals surface area contributed by atoms with E-state index in [1.54, 1.807) is 0 Å². The first-order chi connectivity index (χ1) is 12.2. The van der Waals surface area contributed by atoms with Gasteiger partial charge in [0.2, 0.25) is 5.91 Å². The van der Waals surface area contributed by atoms with Crippen LogP contribution in [-0.2, 0) is 17.8 Å². The van der Waals surface area contributed by atoms with Crippen LogP contribution in [0.2, 0.25) is 0 Å². The Labute approximate surface area is 154 Å². The first-order valence-corrected chi connectivity index (χ1v) is 9.07. The van der Waals surface area contributed by atoms with Gasteiger partial charge in [0.05, 0.1) is 0 Å². The number of aromatic nitrogens is 2. The van der Waals surface area contributed by atoms with Crippen molar-refractivity contribution in [2.45, 2.75) is 13.0 Å². The summed E-state index contributed by atoms with van der Waals surface area (Å²) in [5.41, 5.74) is 3.42. The Bertz CT molecular complexity index is 1050. The van der Waals surface area contributed by atoms with E-state index in [-0.39, 0.29) is 5.91 Å². The van der Waals surface area contributed by atoms with Gasteiger partial charge in [-0.25, -0.2) is 0 Å². The minimum Gasteiger partial charge on any atom is -0.361 e. The van der Waals surface area contributed by atoms with E-state index in [0.717, 1.165) is 27.3 Å². The van der Waals surface area contributed by atoms with Crippen LogP contribution in [-0.4, -0.2) is 22.0 Å². The molecule has 2 aromatic heterocycles. The second-order valence-electron chi connectivity index (χ2n) is 6.08. The van der Waals surface area contributed by atoms with Crippen molar-refractivity contribution in [1.29, 1.82) is 0 Å². The predicted molar refractivity (Wildman–Crippen MR) is 105 cm³/mol. The van der Waals surface area contributed by atoms with Crippen molar-refractivity contribution in [3.63, 3.8) is 0 Å². The molecule has 4 rings (SSSR count). The Balaban J connectivity index is 1.38.